The van der Waals surface area contributed by atoms with Crippen molar-refractivity contribution in [2.45, 2.75) is 0 Å². The highest BCUT2D eigenvalue weighted by Crippen LogP contribution is 2.34. The Kier molecular flexibility index (Phi) is 7.79. The molecule has 0 bridgehead atoms. The van der Waals surface area contributed by atoms with E-state index in [9.17, 15) is 9.59 Å². The summed E-state index contributed by atoms with van der Waals surface area (Å²) < 4.78 is 15.7. The van der Waals surface area contributed by atoms with E-state index in [-0.39, 0.29) is 11.5 Å². The number of anilines is 1. The van der Waals surface area contributed by atoms with Crippen molar-refractivity contribution < 1.29 is 23.8 Å². The Balaban J connectivity index is 2.10. The van der Waals surface area contributed by atoms with Crippen molar-refractivity contribution in [3.8, 4) is 17.2 Å². The van der Waals surface area contributed by atoms with Crippen LogP contribution < -0.4 is 24.8 Å². The first kappa shape index (κ1) is 22.0. The van der Waals surface area contributed by atoms with Crippen LogP contribution in [0.4, 0.5) is 5.82 Å². The number of hydrogen-bond acceptors (Lipinski definition) is 7. The van der Waals surface area contributed by atoms with E-state index in [4.69, 9.17) is 14.2 Å². The minimum Gasteiger partial charge on any atom is -0.496 e. The summed E-state index contributed by atoms with van der Waals surface area (Å²) in [6.45, 7) is 1.27. The molecule has 9 heteroatoms. The Morgan fingerprint density at radius 3 is 2.17 bits per heavy atom. The van der Waals surface area contributed by atoms with Gasteiger partial charge in [0.2, 0.25) is 0 Å². The van der Waals surface area contributed by atoms with E-state index < -0.39 is 5.91 Å². The molecule has 0 fully saturated rings. The number of carbonyl (C=O) groups is 2. The van der Waals surface area contributed by atoms with Crippen LogP contribution in [0.5, 0.6) is 17.2 Å². The Bertz CT molecular complexity index is 853. The van der Waals surface area contributed by atoms with Gasteiger partial charge in [-0.05, 0) is 26.2 Å². The number of amides is 2. The Morgan fingerprint density at radius 2 is 1.62 bits per heavy atom. The second-order valence-corrected chi connectivity index (χ2v) is 6.35. The van der Waals surface area contributed by atoms with Crippen LogP contribution in [-0.2, 0) is 0 Å². The standard InChI is InChI=1S/C20H26N4O5/c1-24(2)9-8-21-19(25)13-6-7-18(22-12-13)23-20(26)14-10-16(28-4)17(29-5)11-15(14)27-3/h6-7,10-12H,8-9H2,1-5H3,(H,21,25)(H,22,23,26). The van der Waals surface area contributed by atoms with E-state index in [0.717, 1.165) is 6.54 Å². The van der Waals surface area contributed by atoms with Gasteiger partial charge in [0, 0.05) is 31.4 Å². The van der Waals surface area contributed by atoms with Crippen molar-refractivity contribution in [2.24, 2.45) is 0 Å². The fraction of sp³-hybridized carbons (Fsp3) is 0.350. The Hall–Kier alpha value is -3.33. The van der Waals surface area contributed by atoms with Gasteiger partial charge < -0.3 is 29.7 Å². The molecule has 0 aliphatic carbocycles. The minimum atomic E-state index is -0.432. The van der Waals surface area contributed by atoms with Gasteiger partial charge in [0.1, 0.15) is 11.6 Å². The maximum Gasteiger partial charge on any atom is 0.260 e. The fourth-order valence-corrected chi connectivity index (χ4v) is 2.49. The van der Waals surface area contributed by atoms with Gasteiger partial charge in [0.25, 0.3) is 11.8 Å². The third-order valence-corrected chi connectivity index (χ3v) is 4.06. The highest BCUT2D eigenvalue weighted by atomic mass is 16.5. The zero-order chi connectivity index (χ0) is 21.4. The first-order valence-electron chi connectivity index (χ1n) is 8.90. The number of aromatic nitrogens is 1. The molecule has 0 spiro atoms. The molecule has 0 saturated carbocycles. The number of nitrogens with one attached hydrogen (secondary N) is 2. The maximum absolute atomic E-state index is 12.7. The smallest absolute Gasteiger partial charge is 0.260 e. The molecular weight excluding hydrogens is 376 g/mol. The van der Waals surface area contributed by atoms with Crippen molar-refractivity contribution in [1.29, 1.82) is 0 Å². The number of nitrogens with zero attached hydrogens (tertiary/aromatic N) is 2. The molecule has 0 unspecified atom stereocenters. The van der Waals surface area contributed by atoms with Crippen LogP contribution in [0.1, 0.15) is 20.7 Å². The van der Waals surface area contributed by atoms with E-state index in [1.54, 1.807) is 18.2 Å². The van der Waals surface area contributed by atoms with Gasteiger partial charge >= 0.3 is 0 Å². The van der Waals surface area contributed by atoms with Gasteiger partial charge in [0.15, 0.2) is 11.5 Å². The molecule has 1 aromatic heterocycles. The average Bonchev–Trinajstić information content (AvgIpc) is 2.72. The monoisotopic (exact) mass is 402 g/mol. The van der Waals surface area contributed by atoms with Gasteiger partial charge in [-0.25, -0.2) is 4.98 Å². The summed E-state index contributed by atoms with van der Waals surface area (Å²) in [4.78, 5) is 30.9. The second kappa shape index (κ2) is 10.3. The number of pyridine rings is 1. The molecule has 0 saturated heterocycles. The first-order valence-corrected chi connectivity index (χ1v) is 8.90. The lowest BCUT2D eigenvalue weighted by atomic mass is 10.1. The van der Waals surface area contributed by atoms with E-state index in [1.165, 1.54) is 33.6 Å². The summed E-state index contributed by atoms with van der Waals surface area (Å²) >= 11 is 0. The van der Waals surface area contributed by atoms with Crippen LogP contribution in [0.3, 0.4) is 0 Å². The van der Waals surface area contributed by atoms with Crippen LogP contribution in [0.15, 0.2) is 30.5 Å². The molecule has 1 heterocycles. The summed E-state index contributed by atoms with van der Waals surface area (Å²) in [6.07, 6.45) is 1.41. The summed E-state index contributed by atoms with van der Waals surface area (Å²) in [6, 6.07) is 6.26. The number of methoxy groups -OCH3 is 3. The molecule has 2 rings (SSSR count). The van der Waals surface area contributed by atoms with Crippen molar-refractivity contribution in [1.82, 2.24) is 15.2 Å². The summed E-state index contributed by atoms with van der Waals surface area (Å²) in [5.74, 6) is 0.825. The Morgan fingerprint density at radius 1 is 0.966 bits per heavy atom. The van der Waals surface area contributed by atoms with E-state index >= 15 is 0 Å². The lowest BCUT2D eigenvalue weighted by Gasteiger charge is -2.14. The molecule has 2 amide bonds. The number of likely N-dealkylation sites (N-methyl/N-ethyl adjacent to an activating group) is 1. The topological polar surface area (TPSA) is 102 Å². The van der Waals surface area contributed by atoms with E-state index in [1.807, 2.05) is 19.0 Å². The highest BCUT2D eigenvalue weighted by molar-refractivity contribution is 6.06. The molecule has 0 atom stereocenters. The predicted octanol–water partition coefficient (Wildman–Crippen LogP) is 1.65. The number of benzene rings is 1. The molecule has 9 nitrogen and oxygen atoms in total. The highest BCUT2D eigenvalue weighted by Gasteiger charge is 2.18. The largest absolute Gasteiger partial charge is 0.496 e. The zero-order valence-electron chi connectivity index (χ0n) is 17.2. The van der Waals surface area contributed by atoms with Crippen LogP contribution in [0.25, 0.3) is 0 Å². The number of carbonyl (C=O) groups excluding carboxylic acids is 2. The summed E-state index contributed by atoms with van der Waals surface area (Å²) in [5, 5.41) is 5.49. The van der Waals surface area contributed by atoms with Crippen LogP contribution in [0, 0.1) is 0 Å². The SMILES string of the molecule is COc1cc(OC)c(C(=O)Nc2ccc(C(=O)NCCN(C)C)cn2)cc1OC. The summed E-state index contributed by atoms with van der Waals surface area (Å²) in [7, 11) is 8.30. The number of ether oxygens (including phenoxy) is 3. The van der Waals surface area contributed by atoms with E-state index in [2.05, 4.69) is 15.6 Å². The molecule has 0 radical (unpaired) electrons. The maximum atomic E-state index is 12.7. The van der Waals surface area contributed by atoms with Crippen molar-refractivity contribution in [3.05, 3.63) is 41.6 Å². The first-order chi connectivity index (χ1) is 13.9. The number of hydrogen-bond donors (Lipinski definition) is 2. The van der Waals surface area contributed by atoms with Crippen molar-refractivity contribution in [3.63, 3.8) is 0 Å². The molecular formula is C20H26N4O5. The molecule has 1 aromatic carbocycles. The van der Waals surface area contributed by atoms with Crippen LogP contribution in [0.2, 0.25) is 0 Å². The summed E-state index contributed by atoms with van der Waals surface area (Å²) in [5.41, 5.74) is 0.669. The molecule has 0 aliphatic rings. The normalized spacial score (nSPS) is 10.4. The zero-order valence-corrected chi connectivity index (χ0v) is 17.2. The molecule has 2 aromatic rings. The van der Waals surface area contributed by atoms with Crippen LogP contribution in [-0.4, -0.2) is 70.2 Å². The minimum absolute atomic E-state index is 0.223. The molecule has 156 valence electrons. The number of rotatable bonds is 9. The second-order valence-electron chi connectivity index (χ2n) is 6.35. The van der Waals surface area contributed by atoms with Gasteiger partial charge in [-0.15, -0.1) is 0 Å². The molecule has 2 N–H and O–H groups in total. The van der Waals surface area contributed by atoms with E-state index in [0.29, 0.717) is 35.2 Å². The lowest BCUT2D eigenvalue weighted by molar-refractivity contribution is 0.0950. The van der Waals surface area contributed by atoms with Gasteiger partial charge in [-0.1, -0.05) is 0 Å². The Labute approximate surface area is 170 Å². The van der Waals surface area contributed by atoms with Gasteiger partial charge in [0.05, 0.1) is 32.5 Å². The predicted molar refractivity (Wildman–Crippen MR) is 109 cm³/mol. The quantitative estimate of drug-likeness (QED) is 0.658. The van der Waals surface area contributed by atoms with Crippen LogP contribution >= 0.6 is 0 Å². The van der Waals surface area contributed by atoms with Crippen molar-refractivity contribution in [2.75, 3.05) is 53.8 Å². The molecule has 0 aliphatic heterocycles. The van der Waals surface area contributed by atoms with Gasteiger partial charge in [-0.3, -0.25) is 9.59 Å². The van der Waals surface area contributed by atoms with Crippen molar-refractivity contribution >= 4 is 17.6 Å². The lowest BCUT2D eigenvalue weighted by Crippen LogP contribution is -2.31. The van der Waals surface area contributed by atoms with Gasteiger partial charge in [-0.2, -0.15) is 0 Å². The molecule has 29 heavy (non-hydrogen) atoms. The third kappa shape index (κ3) is 5.82. The third-order valence-electron chi connectivity index (χ3n) is 4.06. The average molecular weight is 402 g/mol. The fourth-order valence-electron chi connectivity index (χ4n) is 2.49.